The van der Waals surface area contributed by atoms with Crippen LogP contribution in [0.5, 0.6) is 23.0 Å². The molecule has 528 valence electrons. The van der Waals surface area contributed by atoms with E-state index in [4.69, 9.17) is 62.4 Å². The minimum absolute atomic E-state index is 0.0651. The third-order valence-corrected chi connectivity index (χ3v) is 29.1. The zero-order valence-electron chi connectivity index (χ0n) is 50.8. The number of benzene rings is 3. The highest BCUT2D eigenvalue weighted by molar-refractivity contribution is 7.74. The number of aliphatic hydroxyl groups is 3. The fourth-order valence-electron chi connectivity index (χ4n) is 10.0. The van der Waals surface area contributed by atoms with E-state index in [1.165, 1.54) is 123 Å². The summed E-state index contributed by atoms with van der Waals surface area (Å²) in [5.74, 6) is -3.27. The Morgan fingerprint density at radius 2 is 1.04 bits per heavy atom. The minimum Gasteiger partial charge on any atom is -0.497 e. The number of pyridine rings is 3. The number of esters is 1. The summed E-state index contributed by atoms with van der Waals surface area (Å²) in [6, 6.07) is 19.9. The summed E-state index contributed by atoms with van der Waals surface area (Å²) in [6.45, 7) is 1.23. The predicted molar refractivity (Wildman–Crippen MR) is 331 cm³/mol. The lowest BCUT2D eigenvalue weighted by Gasteiger charge is -2.41. The highest BCUT2D eigenvalue weighted by Gasteiger charge is 2.70. The third kappa shape index (κ3) is 16.3. The van der Waals surface area contributed by atoms with Crippen LogP contribution in [0.2, 0.25) is 5.02 Å². The Morgan fingerprint density at radius 1 is 0.592 bits per heavy atom. The number of para-hydroxylation sites is 1. The van der Waals surface area contributed by atoms with E-state index >= 15 is 0 Å². The van der Waals surface area contributed by atoms with E-state index in [1.54, 1.807) is 0 Å². The van der Waals surface area contributed by atoms with E-state index in [1.807, 2.05) is 0 Å². The maximum Gasteiger partial charge on any atom is 0.514 e. The van der Waals surface area contributed by atoms with Gasteiger partial charge in [-0.3, -0.25) is 79.1 Å². The Labute approximate surface area is 559 Å². The van der Waals surface area contributed by atoms with Gasteiger partial charge in [0, 0.05) is 81.9 Å². The zero-order valence-corrected chi connectivity index (χ0v) is 57.0. The molecule has 1 saturated carbocycles. The monoisotopic (exact) mass is 1510 g/mol. The number of likely N-dealkylation sites (tertiary alicyclic amines) is 1. The number of rotatable bonds is 14. The number of methoxy groups -OCH3 is 1. The number of carbonyl (C=O) groups is 4. The van der Waals surface area contributed by atoms with Crippen LogP contribution in [0.4, 0.5) is 14.0 Å². The van der Waals surface area contributed by atoms with Crippen LogP contribution >= 0.6 is 57.2 Å². The summed E-state index contributed by atoms with van der Waals surface area (Å²) in [4.78, 5) is 122. The quantitative estimate of drug-likeness (QED) is 0.0212. The van der Waals surface area contributed by atoms with Crippen molar-refractivity contribution < 1.29 is 146 Å². The maximum atomic E-state index is 14.7. The van der Waals surface area contributed by atoms with Gasteiger partial charge in [-0.05, 0) is 103 Å². The Bertz CT molecular complexity index is 4180. The number of imide groups is 1. The standard InChI is InChI=1S/C21H25NO11P2.C19H18ClFN2O10P2.C16H17NO9P2/c1-29-16-8-9-18(31-20(23)30-15-6-2-3-7-15)17(11-16)19-32-34(25,26)21(24,35(27,28)33-19)12-14-5-4-10-22-13-14;20-13-7-12(8-14(21)16(13)31-18(25)23-6-2-4-15(23)24)17-32-34(27,28)19(26,35(29,30)33-17)9-11-3-1-5-22-10-11;1-11(18)24-14-7-3-2-6-13(14)15-25-27(20,21)16(19,28(22,23)26-15)9-12-5-4-8-17-10-12/h4-5,8-11,13,15,19,24H,2-3,6-7,12H2,1H3,(H,25,26)(H,27,28);1,3,5,7-8,10,17,26H,2,4,6,9H2,(H,27,28)(H,29,30);2-8,10,15,19H,9H2,1H3,(H,20,21)(H,22,23). The summed E-state index contributed by atoms with van der Waals surface area (Å²) in [6.07, 6.45) is 1.20. The molecule has 4 aliphatic heterocycles. The van der Waals surface area contributed by atoms with Crippen molar-refractivity contribution in [2.24, 2.45) is 0 Å². The Morgan fingerprint density at radius 3 is 1.46 bits per heavy atom. The summed E-state index contributed by atoms with van der Waals surface area (Å²) >= 11 is 6.00. The van der Waals surface area contributed by atoms with Gasteiger partial charge in [-0.25, -0.2) is 18.9 Å². The molecule has 7 heterocycles. The first-order valence-electron chi connectivity index (χ1n) is 28.7. The molecule has 6 unspecified atom stereocenters. The third-order valence-electron chi connectivity index (χ3n) is 15.1. The van der Waals surface area contributed by atoms with Crippen LogP contribution in [0.25, 0.3) is 0 Å². The Balaban J connectivity index is 0.000000173. The topological polar surface area (TPSA) is 496 Å². The van der Waals surface area contributed by atoms with Crippen molar-refractivity contribution in [1.29, 1.82) is 0 Å². The van der Waals surface area contributed by atoms with E-state index < -0.39 is 145 Å². The second kappa shape index (κ2) is 30.0. The van der Waals surface area contributed by atoms with Crippen molar-refractivity contribution in [3.63, 3.8) is 0 Å². The summed E-state index contributed by atoms with van der Waals surface area (Å²) in [7, 11) is -30.0. The first-order chi connectivity index (χ1) is 45.9. The van der Waals surface area contributed by atoms with Crippen LogP contribution in [-0.4, -0.2) is 124 Å². The van der Waals surface area contributed by atoms with E-state index in [-0.39, 0.29) is 64.1 Å². The largest absolute Gasteiger partial charge is 0.514 e. The predicted octanol–water partition coefficient (Wildman–Crippen LogP) is 9.47. The number of carbonyl (C=O) groups excluding carboxylic acids is 4. The molecule has 42 heteroatoms. The number of halogens is 2. The molecule has 5 fully saturated rings. The minimum atomic E-state index is -5.31. The highest BCUT2D eigenvalue weighted by atomic mass is 35.5. The number of nitrogens with zero attached hydrogens (tertiary/aromatic N) is 4. The maximum absolute atomic E-state index is 14.7. The molecule has 4 saturated heterocycles. The number of aromatic nitrogens is 3. The fraction of sp³-hybridized carbons (Fsp3) is 0.339. The van der Waals surface area contributed by atoms with Crippen molar-refractivity contribution >= 4 is 81.3 Å². The fourth-order valence-corrected chi connectivity index (χ4v) is 21.0. The van der Waals surface area contributed by atoms with Crippen molar-refractivity contribution in [2.45, 2.75) is 105 Å². The summed E-state index contributed by atoms with van der Waals surface area (Å²) in [5.41, 5.74) is -0.120. The molecule has 6 atom stereocenters. The average molecular weight is 1510 g/mol. The van der Waals surface area contributed by atoms with Crippen LogP contribution in [0.3, 0.4) is 0 Å². The normalized spacial score (nSPS) is 31.5. The van der Waals surface area contributed by atoms with Gasteiger partial charge in [0.25, 0.3) is 15.2 Å². The Hall–Kier alpha value is -6.41. The van der Waals surface area contributed by atoms with E-state index in [0.717, 1.165) is 30.7 Å². The SMILES string of the molecule is CC(=O)Oc1ccccc1C1OP(=O)(O)C(O)(Cc2cccnc2)P(=O)(O)O1.COc1ccc(OC(=O)OC2CCCC2)c(C2OP(=O)(O)C(O)(Cc3cccnc3)P(=O)(O)O2)c1.O=C1CCCN1C(=O)Oc1c(F)cc(C2OP(=O)(O)C(O)(Cc3cccnc3)P(=O)(O)O2)cc1Cl. The number of hydrogen-bond acceptors (Lipinski definition) is 27. The van der Waals surface area contributed by atoms with Gasteiger partial charge in [-0.1, -0.05) is 48.0 Å². The van der Waals surface area contributed by atoms with Gasteiger partial charge in [-0.2, -0.15) is 0 Å². The van der Waals surface area contributed by atoms with Gasteiger partial charge in [0.2, 0.25) is 24.8 Å². The molecular weight excluding hydrogens is 1450 g/mol. The lowest BCUT2D eigenvalue weighted by Crippen LogP contribution is -2.38. The number of hydrogen-bond donors (Lipinski definition) is 9. The van der Waals surface area contributed by atoms with Gasteiger partial charge in [0.05, 0.1) is 23.3 Å². The van der Waals surface area contributed by atoms with Crippen LogP contribution in [0.15, 0.2) is 128 Å². The number of amides is 2. The lowest BCUT2D eigenvalue weighted by molar-refractivity contribution is -0.132. The first-order valence-corrected chi connectivity index (χ1v) is 38.6. The van der Waals surface area contributed by atoms with Crippen LogP contribution < -0.4 is 18.9 Å². The Kier molecular flexibility index (Phi) is 23.2. The van der Waals surface area contributed by atoms with Crippen molar-refractivity contribution in [3.8, 4) is 23.0 Å². The summed E-state index contributed by atoms with van der Waals surface area (Å²) in [5, 5.41) is 22.3. The van der Waals surface area contributed by atoms with Gasteiger partial charge >= 0.3 is 63.8 Å². The molecule has 9 N–H and O–H groups in total. The number of ether oxygens (including phenoxy) is 5. The second-order valence-corrected chi connectivity index (χ2v) is 35.3. The first kappa shape index (κ1) is 75.8. The molecule has 0 bridgehead atoms. The van der Waals surface area contributed by atoms with Gasteiger partial charge in [-0.15, -0.1) is 0 Å². The molecule has 3 aromatic heterocycles. The van der Waals surface area contributed by atoms with Crippen LogP contribution in [0, 0.1) is 5.82 Å². The van der Waals surface area contributed by atoms with E-state index in [0.29, 0.717) is 25.3 Å². The molecule has 3 aromatic carbocycles. The average Bonchev–Trinajstić information content (AvgIpc) is 0.760. The van der Waals surface area contributed by atoms with Crippen molar-refractivity contribution in [2.75, 3.05) is 13.7 Å². The molecule has 6 aromatic rings. The molecule has 0 spiro atoms. The highest BCUT2D eigenvalue weighted by Crippen LogP contribution is 2.82. The van der Waals surface area contributed by atoms with Gasteiger partial charge in [0.1, 0.15) is 23.4 Å². The van der Waals surface area contributed by atoms with E-state index in [9.17, 15) is 95.6 Å². The molecule has 11 rings (SSSR count). The summed E-state index contributed by atoms with van der Waals surface area (Å²) < 4.78 is 148. The van der Waals surface area contributed by atoms with Crippen LogP contribution in [0.1, 0.15) is 97.7 Å². The molecule has 98 heavy (non-hydrogen) atoms. The lowest BCUT2D eigenvalue weighted by atomic mass is 10.2. The van der Waals surface area contributed by atoms with Gasteiger partial charge in [0.15, 0.2) is 11.6 Å². The molecular formula is C56H60ClFN4O30P6. The van der Waals surface area contributed by atoms with Crippen molar-refractivity contribution in [3.05, 3.63) is 172 Å². The molecule has 1 aliphatic carbocycles. The zero-order chi connectivity index (χ0) is 71.4. The smallest absolute Gasteiger partial charge is 0.497 e. The molecule has 0 radical (unpaired) electrons. The van der Waals surface area contributed by atoms with Crippen LogP contribution in [-0.2, 0) is 88.1 Å². The van der Waals surface area contributed by atoms with E-state index in [2.05, 4.69) is 15.0 Å². The molecule has 5 aliphatic rings. The van der Waals surface area contributed by atoms with Gasteiger partial charge < -0.3 is 68.4 Å². The molecule has 2 amide bonds. The van der Waals surface area contributed by atoms with Crippen molar-refractivity contribution in [1.82, 2.24) is 19.9 Å². The second-order valence-electron chi connectivity index (χ2n) is 21.9. The molecule has 34 nitrogen and oxygen atoms in total.